The molecule has 19 heavy (non-hydrogen) atoms. The number of hydrogen-bond donors (Lipinski definition) is 1. The third-order valence-electron chi connectivity index (χ3n) is 3.18. The highest BCUT2D eigenvalue weighted by molar-refractivity contribution is 5.93. The number of hydrogen-bond acceptors (Lipinski definition) is 3. The predicted octanol–water partition coefficient (Wildman–Crippen LogP) is 0.268. The minimum absolute atomic E-state index is 0.0172. The van der Waals surface area contributed by atoms with Crippen LogP contribution in [-0.4, -0.2) is 21.9 Å². The Labute approximate surface area is 109 Å². The maximum Gasteiger partial charge on any atom is 0.284 e. The van der Waals surface area contributed by atoms with Crippen molar-refractivity contribution in [3.8, 4) is 5.69 Å². The van der Waals surface area contributed by atoms with Crippen LogP contribution in [0.2, 0.25) is 0 Å². The van der Waals surface area contributed by atoms with Gasteiger partial charge in [-0.25, -0.2) is 4.68 Å². The monoisotopic (exact) mass is 259 g/mol. The molecule has 1 aromatic carbocycles. The first-order chi connectivity index (χ1) is 9.20. The molecule has 2 heterocycles. The molecule has 2 N–H and O–H groups in total. The highest BCUT2D eigenvalue weighted by Gasteiger charge is 2.26. The van der Waals surface area contributed by atoms with Gasteiger partial charge in [-0.05, 0) is 12.1 Å². The molecule has 6 nitrogen and oxygen atoms in total. The molecule has 1 amide bonds. The Morgan fingerprint density at radius 3 is 2.68 bits per heavy atom. The smallest absolute Gasteiger partial charge is 0.284 e. The third-order valence-corrected chi connectivity index (χ3v) is 3.18. The van der Waals surface area contributed by atoms with Crippen LogP contribution in [0, 0.1) is 0 Å². The predicted molar refractivity (Wildman–Crippen MR) is 68.2 cm³/mol. The second-order valence-corrected chi connectivity index (χ2v) is 4.31. The van der Waals surface area contributed by atoms with Crippen molar-refractivity contribution in [2.75, 3.05) is 6.61 Å². The normalized spacial score (nSPS) is 14.1. The van der Waals surface area contributed by atoms with E-state index < -0.39 is 5.91 Å². The number of rotatable bonds is 2. The number of carbonyl (C=O) groups is 1. The zero-order valence-corrected chi connectivity index (χ0v) is 10.2. The van der Waals surface area contributed by atoms with Crippen LogP contribution in [0.25, 0.3) is 5.69 Å². The van der Waals surface area contributed by atoms with Gasteiger partial charge in [-0.15, -0.1) is 0 Å². The zero-order valence-electron chi connectivity index (χ0n) is 10.2. The van der Waals surface area contributed by atoms with Crippen LogP contribution in [0.1, 0.15) is 16.1 Å². The highest BCUT2D eigenvalue weighted by Crippen LogP contribution is 2.16. The maximum absolute atomic E-state index is 12.4. The Hall–Kier alpha value is -2.34. The molecule has 1 aliphatic heterocycles. The highest BCUT2D eigenvalue weighted by atomic mass is 16.5. The number of nitrogens with two attached hydrogens (primary N) is 1. The first kappa shape index (κ1) is 11.7. The first-order valence-corrected chi connectivity index (χ1v) is 5.98. The fourth-order valence-corrected chi connectivity index (χ4v) is 2.36. The molecule has 6 heteroatoms. The van der Waals surface area contributed by atoms with Gasteiger partial charge < -0.3 is 10.5 Å². The molecule has 1 aromatic heterocycles. The Balaban J connectivity index is 2.31. The van der Waals surface area contributed by atoms with Crippen LogP contribution < -0.4 is 11.3 Å². The van der Waals surface area contributed by atoms with Crippen molar-refractivity contribution in [1.82, 2.24) is 9.36 Å². The van der Waals surface area contributed by atoms with Crippen molar-refractivity contribution in [2.24, 2.45) is 5.73 Å². The van der Waals surface area contributed by atoms with Gasteiger partial charge in [-0.3, -0.25) is 14.3 Å². The van der Waals surface area contributed by atoms with E-state index in [4.69, 9.17) is 10.5 Å². The van der Waals surface area contributed by atoms with Gasteiger partial charge in [0.15, 0.2) is 0 Å². The van der Waals surface area contributed by atoms with E-state index in [9.17, 15) is 9.59 Å². The Morgan fingerprint density at radius 1 is 1.26 bits per heavy atom. The van der Waals surface area contributed by atoms with Crippen molar-refractivity contribution in [2.45, 2.75) is 13.2 Å². The zero-order chi connectivity index (χ0) is 13.4. The third kappa shape index (κ3) is 1.77. The number of para-hydroxylation sites is 1. The minimum atomic E-state index is -0.714. The summed E-state index contributed by atoms with van der Waals surface area (Å²) < 4.78 is 8.56. The van der Waals surface area contributed by atoms with Crippen LogP contribution in [0.4, 0.5) is 0 Å². The Morgan fingerprint density at radius 2 is 2.00 bits per heavy atom. The summed E-state index contributed by atoms with van der Waals surface area (Å²) >= 11 is 0. The van der Waals surface area contributed by atoms with Crippen LogP contribution in [0.5, 0.6) is 0 Å². The van der Waals surface area contributed by atoms with Gasteiger partial charge in [0.25, 0.3) is 11.5 Å². The van der Waals surface area contributed by atoms with E-state index in [1.54, 1.807) is 4.68 Å². The van der Waals surface area contributed by atoms with E-state index >= 15 is 0 Å². The van der Waals surface area contributed by atoms with E-state index in [1.165, 1.54) is 4.68 Å². The average molecular weight is 259 g/mol. The molecule has 98 valence electrons. The standard InChI is InChI=1S/C13H13N3O3/c14-12(17)11-10-8-19-7-6-15(10)16(13(11)18)9-4-2-1-3-5-9/h1-5H,6-8H2,(H2,14,17). The molecule has 2 aromatic rings. The fraction of sp³-hybridized carbons (Fsp3) is 0.231. The fourth-order valence-electron chi connectivity index (χ4n) is 2.36. The minimum Gasteiger partial charge on any atom is -0.373 e. The number of benzene rings is 1. The lowest BCUT2D eigenvalue weighted by molar-refractivity contribution is 0.0754. The second-order valence-electron chi connectivity index (χ2n) is 4.31. The molecule has 0 radical (unpaired) electrons. The number of aromatic nitrogens is 2. The molecule has 0 atom stereocenters. The number of primary amides is 1. The summed E-state index contributed by atoms with van der Waals surface area (Å²) in [6, 6.07) is 9.17. The van der Waals surface area contributed by atoms with Gasteiger partial charge in [-0.1, -0.05) is 18.2 Å². The summed E-state index contributed by atoms with van der Waals surface area (Å²) in [7, 11) is 0. The van der Waals surface area contributed by atoms with Gasteiger partial charge in [0, 0.05) is 0 Å². The van der Waals surface area contributed by atoms with Crippen molar-refractivity contribution in [1.29, 1.82) is 0 Å². The van der Waals surface area contributed by atoms with Crippen molar-refractivity contribution in [3.63, 3.8) is 0 Å². The molecule has 0 unspecified atom stereocenters. The lowest BCUT2D eigenvalue weighted by Crippen LogP contribution is -2.26. The maximum atomic E-state index is 12.4. The molecule has 3 rings (SSSR count). The van der Waals surface area contributed by atoms with Crippen LogP contribution in [0.3, 0.4) is 0 Å². The summed E-state index contributed by atoms with van der Waals surface area (Å²) in [5, 5.41) is 0. The Kier molecular flexibility index (Phi) is 2.72. The molecule has 0 bridgehead atoms. The summed E-state index contributed by atoms with van der Waals surface area (Å²) in [6.07, 6.45) is 0. The number of carbonyl (C=O) groups excluding carboxylic acids is 1. The molecule has 0 saturated carbocycles. The summed E-state index contributed by atoms with van der Waals surface area (Å²) in [5.74, 6) is -0.714. The molecule has 1 aliphatic rings. The molecule has 0 aliphatic carbocycles. The second kappa shape index (κ2) is 4.40. The van der Waals surface area contributed by atoms with Gasteiger partial charge in [0.05, 0.1) is 31.1 Å². The van der Waals surface area contributed by atoms with Gasteiger partial charge >= 0.3 is 0 Å². The molecule has 0 fully saturated rings. The summed E-state index contributed by atoms with van der Waals surface area (Å²) in [5.41, 5.74) is 6.20. The lowest BCUT2D eigenvalue weighted by atomic mass is 10.2. The van der Waals surface area contributed by atoms with Crippen LogP contribution in [0.15, 0.2) is 35.1 Å². The van der Waals surface area contributed by atoms with Crippen molar-refractivity contribution >= 4 is 5.91 Å². The van der Waals surface area contributed by atoms with Gasteiger partial charge in [0.1, 0.15) is 5.56 Å². The molecule has 0 saturated heterocycles. The molecule has 0 spiro atoms. The van der Waals surface area contributed by atoms with E-state index in [0.717, 1.165) is 0 Å². The van der Waals surface area contributed by atoms with E-state index in [1.807, 2.05) is 30.3 Å². The van der Waals surface area contributed by atoms with Gasteiger partial charge in [-0.2, -0.15) is 0 Å². The van der Waals surface area contributed by atoms with Crippen molar-refractivity contribution < 1.29 is 9.53 Å². The van der Waals surface area contributed by atoms with Crippen LogP contribution >= 0.6 is 0 Å². The van der Waals surface area contributed by atoms with Crippen molar-refractivity contribution in [3.05, 3.63) is 51.9 Å². The SMILES string of the molecule is NC(=O)c1c2n(n(-c3ccccc3)c1=O)CCOC2. The van der Waals surface area contributed by atoms with E-state index in [2.05, 4.69) is 0 Å². The topological polar surface area (TPSA) is 79.3 Å². The molecular weight excluding hydrogens is 246 g/mol. The first-order valence-electron chi connectivity index (χ1n) is 5.98. The summed E-state index contributed by atoms with van der Waals surface area (Å²) in [4.78, 5) is 23.9. The number of fused-ring (bicyclic) bond motifs is 1. The quantitative estimate of drug-likeness (QED) is 0.840. The molecular formula is C13H13N3O3. The van der Waals surface area contributed by atoms with Gasteiger partial charge in [0.2, 0.25) is 0 Å². The average Bonchev–Trinajstić information content (AvgIpc) is 2.71. The lowest BCUT2D eigenvalue weighted by Gasteiger charge is -2.19. The number of nitrogens with zero attached hydrogens (tertiary/aromatic N) is 2. The van der Waals surface area contributed by atoms with E-state index in [0.29, 0.717) is 24.5 Å². The number of ether oxygens (including phenoxy) is 1. The Bertz CT molecular complexity index is 685. The van der Waals surface area contributed by atoms with E-state index in [-0.39, 0.29) is 17.7 Å². The largest absolute Gasteiger partial charge is 0.373 e. The number of amides is 1. The van der Waals surface area contributed by atoms with Crippen LogP contribution in [-0.2, 0) is 17.9 Å². The summed E-state index contributed by atoms with van der Waals surface area (Å²) in [6.45, 7) is 1.26.